The van der Waals surface area contributed by atoms with Gasteiger partial charge in [-0.1, -0.05) is 12.1 Å². The molecule has 0 saturated carbocycles. The number of aromatic nitrogens is 2. The van der Waals surface area contributed by atoms with E-state index in [0.29, 0.717) is 22.8 Å². The second-order valence-electron chi connectivity index (χ2n) is 3.43. The van der Waals surface area contributed by atoms with Gasteiger partial charge in [-0.3, -0.25) is 0 Å². The van der Waals surface area contributed by atoms with Gasteiger partial charge in [0.2, 0.25) is 11.8 Å². The van der Waals surface area contributed by atoms with Crippen LogP contribution in [-0.2, 0) is 11.3 Å². The SMILES string of the molecule is COCc1nnc(-c2ccc(B(O)O)cc2)o1. The number of methoxy groups -OCH3 is 1. The molecule has 0 unspecified atom stereocenters. The molecule has 0 aliphatic carbocycles. The third kappa shape index (κ3) is 2.70. The Kier molecular flexibility index (Phi) is 3.53. The molecule has 0 atom stereocenters. The van der Waals surface area contributed by atoms with Crippen molar-refractivity contribution < 1.29 is 19.2 Å². The molecule has 2 rings (SSSR count). The van der Waals surface area contributed by atoms with Crippen molar-refractivity contribution in [2.45, 2.75) is 6.61 Å². The molecule has 1 heterocycles. The van der Waals surface area contributed by atoms with Crippen molar-refractivity contribution >= 4 is 12.6 Å². The molecular weight excluding hydrogens is 223 g/mol. The number of benzene rings is 1. The molecule has 1 aromatic heterocycles. The van der Waals surface area contributed by atoms with E-state index in [2.05, 4.69) is 10.2 Å². The third-order valence-electron chi connectivity index (χ3n) is 2.19. The first-order valence-electron chi connectivity index (χ1n) is 4.98. The Morgan fingerprint density at radius 3 is 2.53 bits per heavy atom. The maximum atomic E-state index is 8.95. The molecule has 6 nitrogen and oxygen atoms in total. The number of hydrogen-bond acceptors (Lipinski definition) is 6. The summed E-state index contributed by atoms with van der Waals surface area (Å²) in [6.07, 6.45) is 0. The average Bonchev–Trinajstić information content (AvgIpc) is 2.78. The maximum absolute atomic E-state index is 8.95. The first-order chi connectivity index (χ1) is 8.20. The average molecular weight is 234 g/mol. The largest absolute Gasteiger partial charge is 0.488 e. The normalized spacial score (nSPS) is 10.5. The lowest BCUT2D eigenvalue weighted by Gasteiger charge is -1.99. The van der Waals surface area contributed by atoms with E-state index in [4.69, 9.17) is 19.2 Å². The van der Waals surface area contributed by atoms with Crippen LogP contribution in [0.1, 0.15) is 5.89 Å². The molecule has 88 valence electrons. The summed E-state index contributed by atoms with van der Waals surface area (Å²) in [4.78, 5) is 0. The van der Waals surface area contributed by atoms with Crippen molar-refractivity contribution in [1.82, 2.24) is 10.2 Å². The summed E-state index contributed by atoms with van der Waals surface area (Å²) in [6.45, 7) is 0.264. The summed E-state index contributed by atoms with van der Waals surface area (Å²) in [7, 11) is 0.0668. The lowest BCUT2D eigenvalue weighted by atomic mass is 9.80. The molecule has 0 radical (unpaired) electrons. The highest BCUT2D eigenvalue weighted by Gasteiger charge is 2.12. The van der Waals surface area contributed by atoms with Crippen LogP contribution in [0.3, 0.4) is 0 Å². The van der Waals surface area contributed by atoms with Gasteiger partial charge in [-0.15, -0.1) is 10.2 Å². The molecule has 7 heteroatoms. The highest BCUT2D eigenvalue weighted by atomic mass is 16.5. The van der Waals surface area contributed by atoms with Gasteiger partial charge in [0.25, 0.3) is 0 Å². The van der Waals surface area contributed by atoms with E-state index in [-0.39, 0.29) is 6.61 Å². The fraction of sp³-hybridized carbons (Fsp3) is 0.200. The Labute approximate surface area is 98.0 Å². The van der Waals surface area contributed by atoms with Gasteiger partial charge >= 0.3 is 7.12 Å². The van der Waals surface area contributed by atoms with Gasteiger partial charge in [0.05, 0.1) is 0 Å². The van der Waals surface area contributed by atoms with Crippen LogP contribution < -0.4 is 5.46 Å². The van der Waals surface area contributed by atoms with Gasteiger partial charge in [-0.25, -0.2) is 0 Å². The first kappa shape index (κ1) is 11.8. The Balaban J connectivity index is 2.21. The molecule has 0 amide bonds. The van der Waals surface area contributed by atoms with E-state index in [1.165, 1.54) is 0 Å². The molecule has 2 N–H and O–H groups in total. The molecular formula is C10H11BN2O4. The number of nitrogens with zero attached hydrogens (tertiary/aromatic N) is 2. The molecule has 0 aliphatic heterocycles. The number of hydrogen-bond donors (Lipinski definition) is 2. The van der Waals surface area contributed by atoms with E-state index in [1.54, 1.807) is 31.4 Å². The molecule has 0 fully saturated rings. The summed E-state index contributed by atoms with van der Waals surface area (Å²) in [6, 6.07) is 6.53. The van der Waals surface area contributed by atoms with Crippen LogP contribution in [-0.4, -0.2) is 34.5 Å². The van der Waals surface area contributed by atoms with Crippen molar-refractivity contribution in [3.63, 3.8) is 0 Å². The fourth-order valence-electron chi connectivity index (χ4n) is 1.35. The summed E-state index contributed by atoms with van der Waals surface area (Å²) >= 11 is 0. The molecule has 0 saturated heterocycles. The Morgan fingerprint density at radius 1 is 1.24 bits per heavy atom. The summed E-state index contributed by atoms with van der Waals surface area (Å²) < 4.78 is 10.2. The van der Waals surface area contributed by atoms with Gasteiger partial charge in [0.1, 0.15) is 6.61 Å². The summed E-state index contributed by atoms with van der Waals surface area (Å²) in [5.41, 5.74) is 1.12. The number of ether oxygens (including phenoxy) is 1. The van der Waals surface area contributed by atoms with E-state index in [0.717, 1.165) is 0 Å². The minimum Gasteiger partial charge on any atom is -0.423 e. The van der Waals surface area contributed by atoms with E-state index in [9.17, 15) is 0 Å². The summed E-state index contributed by atoms with van der Waals surface area (Å²) in [5.74, 6) is 0.768. The van der Waals surface area contributed by atoms with Crippen molar-refractivity contribution in [2.75, 3.05) is 7.11 Å². The topological polar surface area (TPSA) is 88.6 Å². The minimum atomic E-state index is -1.48. The predicted molar refractivity (Wildman–Crippen MR) is 60.3 cm³/mol. The van der Waals surface area contributed by atoms with Crippen LogP contribution in [0.4, 0.5) is 0 Å². The predicted octanol–water partition coefficient (Wildman–Crippen LogP) is -0.437. The van der Waals surface area contributed by atoms with Crippen LogP contribution in [0.2, 0.25) is 0 Å². The quantitative estimate of drug-likeness (QED) is 0.697. The fourth-order valence-corrected chi connectivity index (χ4v) is 1.35. The molecule has 1 aromatic carbocycles. The smallest absolute Gasteiger partial charge is 0.423 e. The lowest BCUT2D eigenvalue weighted by molar-refractivity contribution is 0.160. The first-order valence-corrected chi connectivity index (χ1v) is 4.98. The van der Waals surface area contributed by atoms with Crippen LogP contribution in [0, 0.1) is 0 Å². The van der Waals surface area contributed by atoms with Gasteiger partial charge < -0.3 is 19.2 Å². The van der Waals surface area contributed by atoms with Crippen molar-refractivity contribution in [3.8, 4) is 11.5 Å². The highest BCUT2D eigenvalue weighted by Crippen LogP contribution is 2.16. The monoisotopic (exact) mass is 234 g/mol. The standard InChI is InChI=1S/C10H11BN2O4/c1-16-6-9-12-13-10(17-9)7-2-4-8(5-3-7)11(14)15/h2-5,14-15H,6H2,1H3. The molecule has 0 bridgehead atoms. The van der Waals surface area contributed by atoms with Crippen LogP contribution in [0.5, 0.6) is 0 Å². The molecule has 2 aromatic rings. The van der Waals surface area contributed by atoms with Crippen molar-refractivity contribution in [1.29, 1.82) is 0 Å². The highest BCUT2D eigenvalue weighted by molar-refractivity contribution is 6.58. The zero-order chi connectivity index (χ0) is 12.3. The van der Waals surface area contributed by atoms with Crippen LogP contribution in [0.25, 0.3) is 11.5 Å². The van der Waals surface area contributed by atoms with Gasteiger partial charge in [-0.05, 0) is 17.6 Å². The van der Waals surface area contributed by atoms with Crippen molar-refractivity contribution in [3.05, 3.63) is 30.2 Å². The van der Waals surface area contributed by atoms with E-state index >= 15 is 0 Å². The number of rotatable bonds is 4. The van der Waals surface area contributed by atoms with E-state index < -0.39 is 7.12 Å². The zero-order valence-electron chi connectivity index (χ0n) is 9.20. The van der Waals surface area contributed by atoms with Gasteiger partial charge in [0.15, 0.2) is 0 Å². The molecule has 17 heavy (non-hydrogen) atoms. The lowest BCUT2D eigenvalue weighted by Crippen LogP contribution is -2.29. The van der Waals surface area contributed by atoms with Gasteiger partial charge in [0, 0.05) is 12.7 Å². The Hall–Kier alpha value is -1.70. The third-order valence-corrected chi connectivity index (χ3v) is 2.19. The molecule has 0 spiro atoms. The zero-order valence-corrected chi connectivity index (χ0v) is 9.20. The summed E-state index contributed by atoms with van der Waals surface area (Å²) in [5, 5.41) is 25.6. The second-order valence-corrected chi connectivity index (χ2v) is 3.43. The molecule has 0 aliphatic rings. The Morgan fingerprint density at radius 2 is 1.94 bits per heavy atom. The van der Waals surface area contributed by atoms with Crippen LogP contribution >= 0.6 is 0 Å². The second kappa shape index (κ2) is 5.09. The van der Waals surface area contributed by atoms with Crippen LogP contribution in [0.15, 0.2) is 28.7 Å². The van der Waals surface area contributed by atoms with Gasteiger partial charge in [-0.2, -0.15) is 0 Å². The maximum Gasteiger partial charge on any atom is 0.488 e. The Bertz CT molecular complexity index is 483. The van der Waals surface area contributed by atoms with Crippen molar-refractivity contribution in [2.24, 2.45) is 0 Å². The van der Waals surface area contributed by atoms with E-state index in [1.807, 2.05) is 0 Å². The minimum absolute atomic E-state index is 0.264.